The van der Waals surface area contributed by atoms with Crippen LogP contribution in [0.25, 0.3) is 0 Å². The van der Waals surface area contributed by atoms with E-state index in [9.17, 15) is 24.3 Å². The van der Waals surface area contributed by atoms with E-state index >= 15 is 0 Å². The lowest BCUT2D eigenvalue weighted by Gasteiger charge is -2.34. The van der Waals surface area contributed by atoms with Crippen molar-refractivity contribution in [3.05, 3.63) is 101 Å². The smallest absolute Gasteiger partial charge is 0.303 e. The van der Waals surface area contributed by atoms with E-state index in [1.54, 1.807) is 36.4 Å². The molecule has 0 aliphatic carbocycles. The molecule has 0 spiro atoms. The van der Waals surface area contributed by atoms with Gasteiger partial charge in [-0.3, -0.25) is 24.1 Å². The number of nitrogens with one attached hydrogen (secondary N) is 1. The van der Waals surface area contributed by atoms with Crippen LogP contribution in [0, 0.1) is 5.92 Å². The zero-order valence-electron chi connectivity index (χ0n) is 22.3. The van der Waals surface area contributed by atoms with Crippen molar-refractivity contribution in [2.45, 2.75) is 31.6 Å². The van der Waals surface area contributed by atoms with E-state index in [-0.39, 0.29) is 43.7 Å². The normalized spacial score (nSPS) is 16.1. The number of carboxylic acid groups (broad SMARTS) is 1. The standard InChI is InChI=1S/C32H33N3O5/c36-29(37)20-22(14-19-35-31(39)27-8-4-5-9-28(27)32(35)40)21-33-30(38)25-10-12-26(13-11-25)34-17-15-24(16-18-34)23-6-2-1-3-7-23/h1-13,22,24H,14-21H2,(H,33,38)(H,36,37). The van der Waals surface area contributed by atoms with Gasteiger partial charge in [0.15, 0.2) is 0 Å². The van der Waals surface area contributed by atoms with E-state index < -0.39 is 11.9 Å². The predicted molar refractivity (Wildman–Crippen MR) is 152 cm³/mol. The molecule has 0 aromatic heterocycles. The van der Waals surface area contributed by atoms with Gasteiger partial charge < -0.3 is 15.3 Å². The number of carbonyl (C=O) groups excluding carboxylic acids is 3. The van der Waals surface area contributed by atoms with Gasteiger partial charge in [-0.15, -0.1) is 0 Å². The third-order valence-electron chi connectivity index (χ3n) is 7.91. The summed E-state index contributed by atoms with van der Waals surface area (Å²) >= 11 is 0. The minimum atomic E-state index is -0.998. The summed E-state index contributed by atoms with van der Waals surface area (Å²) in [5.41, 5.74) is 3.68. The van der Waals surface area contributed by atoms with Crippen LogP contribution in [-0.2, 0) is 4.79 Å². The summed E-state index contributed by atoms with van der Waals surface area (Å²) in [4.78, 5) is 53.1. The lowest BCUT2D eigenvalue weighted by atomic mass is 9.89. The average Bonchev–Trinajstić information content (AvgIpc) is 3.23. The van der Waals surface area contributed by atoms with Crippen LogP contribution < -0.4 is 10.2 Å². The van der Waals surface area contributed by atoms with Gasteiger partial charge in [0.2, 0.25) is 0 Å². The molecular weight excluding hydrogens is 506 g/mol. The van der Waals surface area contributed by atoms with Crippen LogP contribution in [-0.4, -0.2) is 59.9 Å². The van der Waals surface area contributed by atoms with Crippen molar-refractivity contribution in [3.63, 3.8) is 0 Å². The Labute approximate surface area is 233 Å². The number of piperidine rings is 1. The maximum absolute atomic E-state index is 12.8. The van der Waals surface area contributed by atoms with E-state index in [2.05, 4.69) is 34.5 Å². The molecule has 1 unspecified atom stereocenters. The number of hydrogen-bond donors (Lipinski definition) is 2. The molecule has 8 nitrogen and oxygen atoms in total. The van der Waals surface area contributed by atoms with Crippen LogP contribution in [0.4, 0.5) is 5.69 Å². The number of fused-ring (bicyclic) bond motifs is 1. The molecule has 0 bridgehead atoms. The Balaban J connectivity index is 1.13. The first-order valence-corrected chi connectivity index (χ1v) is 13.8. The number of nitrogens with zero attached hydrogens (tertiary/aromatic N) is 2. The number of anilines is 1. The summed E-state index contributed by atoms with van der Waals surface area (Å²) in [6.07, 6.45) is 2.26. The molecule has 2 aliphatic heterocycles. The highest BCUT2D eigenvalue weighted by Gasteiger charge is 2.35. The van der Waals surface area contributed by atoms with Crippen LogP contribution in [0.5, 0.6) is 0 Å². The number of carboxylic acids is 1. The lowest BCUT2D eigenvalue weighted by molar-refractivity contribution is -0.138. The molecule has 0 saturated carbocycles. The van der Waals surface area contributed by atoms with Gasteiger partial charge >= 0.3 is 5.97 Å². The number of aliphatic carboxylic acids is 1. The van der Waals surface area contributed by atoms with Gasteiger partial charge in [-0.25, -0.2) is 0 Å². The number of amides is 3. The maximum Gasteiger partial charge on any atom is 0.303 e. The number of rotatable bonds is 10. The van der Waals surface area contributed by atoms with Gasteiger partial charge in [-0.1, -0.05) is 42.5 Å². The zero-order valence-corrected chi connectivity index (χ0v) is 22.3. The van der Waals surface area contributed by atoms with E-state index in [0.29, 0.717) is 22.6 Å². The van der Waals surface area contributed by atoms with Gasteiger partial charge in [-0.05, 0) is 73.1 Å². The van der Waals surface area contributed by atoms with E-state index in [1.807, 2.05) is 18.2 Å². The highest BCUT2D eigenvalue weighted by Crippen LogP contribution is 2.30. The second kappa shape index (κ2) is 12.2. The van der Waals surface area contributed by atoms with Crippen molar-refractivity contribution in [2.24, 2.45) is 5.92 Å². The first kappa shape index (κ1) is 27.1. The van der Waals surface area contributed by atoms with Crippen LogP contribution in [0.15, 0.2) is 78.9 Å². The highest BCUT2D eigenvalue weighted by atomic mass is 16.4. The van der Waals surface area contributed by atoms with Gasteiger partial charge in [0.05, 0.1) is 11.1 Å². The largest absolute Gasteiger partial charge is 0.481 e. The molecule has 0 radical (unpaired) electrons. The topological polar surface area (TPSA) is 107 Å². The van der Waals surface area contributed by atoms with Crippen molar-refractivity contribution >= 4 is 29.4 Å². The Morgan fingerprint density at radius 3 is 2.05 bits per heavy atom. The molecule has 5 rings (SSSR count). The monoisotopic (exact) mass is 539 g/mol. The third-order valence-corrected chi connectivity index (χ3v) is 7.91. The van der Waals surface area contributed by atoms with Crippen LogP contribution >= 0.6 is 0 Å². The number of hydrogen-bond acceptors (Lipinski definition) is 5. The quantitative estimate of drug-likeness (QED) is 0.366. The minimum Gasteiger partial charge on any atom is -0.481 e. The second-order valence-electron chi connectivity index (χ2n) is 10.5. The van der Waals surface area contributed by atoms with Crippen molar-refractivity contribution < 1.29 is 24.3 Å². The lowest BCUT2D eigenvalue weighted by Crippen LogP contribution is -2.35. The van der Waals surface area contributed by atoms with E-state index in [1.165, 1.54) is 5.56 Å². The molecule has 3 aromatic rings. The maximum atomic E-state index is 12.8. The Bertz CT molecular complexity index is 1350. The number of imide groups is 1. The van der Waals surface area contributed by atoms with Crippen molar-refractivity contribution in [1.29, 1.82) is 0 Å². The van der Waals surface area contributed by atoms with Gasteiger partial charge in [-0.2, -0.15) is 0 Å². The van der Waals surface area contributed by atoms with E-state index in [0.717, 1.165) is 36.5 Å². The fourth-order valence-electron chi connectivity index (χ4n) is 5.64. The second-order valence-corrected chi connectivity index (χ2v) is 10.5. The molecule has 2 aliphatic rings. The minimum absolute atomic E-state index is 0.0931. The first-order valence-electron chi connectivity index (χ1n) is 13.8. The summed E-state index contributed by atoms with van der Waals surface area (Å²) < 4.78 is 0. The van der Waals surface area contributed by atoms with Gasteiger partial charge in [0, 0.05) is 43.9 Å². The molecule has 1 atom stereocenters. The Morgan fingerprint density at radius 1 is 0.850 bits per heavy atom. The molecule has 2 heterocycles. The van der Waals surface area contributed by atoms with Gasteiger partial charge in [0.1, 0.15) is 0 Å². The fraction of sp³-hybridized carbons (Fsp3) is 0.312. The predicted octanol–water partition coefficient (Wildman–Crippen LogP) is 4.58. The first-order chi connectivity index (χ1) is 19.4. The summed E-state index contributed by atoms with van der Waals surface area (Å²) in [7, 11) is 0. The SMILES string of the molecule is O=C(O)CC(CCN1C(=O)c2ccccc2C1=O)CNC(=O)c1ccc(N2CCC(c3ccccc3)CC2)cc1. The molecule has 2 N–H and O–H groups in total. The van der Waals surface area contributed by atoms with E-state index in [4.69, 9.17) is 0 Å². The molecule has 1 fully saturated rings. The average molecular weight is 540 g/mol. The molecule has 8 heteroatoms. The molecule has 1 saturated heterocycles. The summed E-state index contributed by atoms with van der Waals surface area (Å²) in [6, 6.07) is 24.7. The molecule has 40 heavy (non-hydrogen) atoms. The van der Waals surface area contributed by atoms with Crippen LogP contribution in [0.2, 0.25) is 0 Å². The molecular formula is C32H33N3O5. The van der Waals surface area contributed by atoms with Crippen LogP contribution in [0.3, 0.4) is 0 Å². The van der Waals surface area contributed by atoms with Crippen molar-refractivity contribution in [2.75, 3.05) is 31.1 Å². The summed E-state index contributed by atoms with van der Waals surface area (Å²) in [6.45, 7) is 2.13. The summed E-state index contributed by atoms with van der Waals surface area (Å²) in [5.74, 6) is -1.90. The zero-order chi connectivity index (χ0) is 28.1. The summed E-state index contributed by atoms with van der Waals surface area (Å²) in [5, 5.41) is 12.2. The van der Waals surface area contributed by atoms with Crippen molar-refractivity contribution in [3.8, 4) is 0 Å². The van der Waals surface area contributed by atoms with Gasteiger partial charge in [0.25, 0.3) is 17.7 Å². The molecule has 3 amide bonds. The molecule has 3 aromatic carbocycles. The fourth-order valence-corrected chi connectivity index (χ4v) is 5.64. The number of benzene rings is 3. The Hall–Kier alpha value is -4.46. The number of carbonyl (C=O) groups is 4. The molecule has 206 valence electrons. The van der Waals surface area contributed by atoms with Crippen LogP contribution in [0.1, 0.15) is 68.2 Å². The Morgan fingerprint density at radius 2 is 1.45 bits per heavy atom. The third kappa shape index (κ3) is 6.06. The highest BCUT2D eigenvalue weighted by molar-refractivity contribution is 6.21. The van der Waals surface area contributed by atoms with Crippen molar-refractivity contribution in [1.82, 2.24) is 10.2 Å². The Kier molecular flexibility index (Phi) is 8.24.